The smallest absolute Gasteiger partial charge is 0.0594 e. The lowest BCUT2D eigenvalue weighted by Gasteiger charge is -2.38. The maximum Gasteiger partial charge on any atom is 0.0594 e. The van der Waals surface area contributed by atoms with E-state index in [0.717, 1.165) is 63.1 Å². The number of morpholine rings is 1. The molecule has 0 aromatic rings. The number of piperazine rings is 2. The second-order valence-electron chi connectivity index (χ2n) is 30.1. The zero-order valence-electron chi connectivity index (χ0n) is 56.9. The monoisotopic (exact) mass is 1110 g/mol. The SMILES string of the molecule is CC(C)(C)N1CCCC1.CC(C)(C)N1CCCCC1.CC(C)(C)N1CCNCC1.CC(C)(C)N1CCOCC1.CC(C)CN1CCCC1.CC(C)CN1CCCCC1.CC(C)CN1CCCCC1.CC(C)CN1CCNCC1. The molecule has 0 aliphatic carbocycles. The minimum Gasteiger partial charge on any atom is -0.379 e. The molecule has 8 saturated heterocycles. The van der Waals surface area contributed by atoms with Crippen molar-refractivity contribution < 1.29 is 4.74 Å². The molecule has 8 rings (SSSR count). The van der Waals surface area contributed by atoms with Gasteiger partial charge in [-0.3, -0.25) is 19.6 Å². The normalized spacial score (nSPS) is 22.5. The summed E-state index contributed by atoms with van der Waals surface area (Å²) >= 11 is 0. The molecule has 0 aromatic heterocycles. The molecule has 0 atom stereocenters. The Morgan fingerprint density at radius 2 is 0.474 bits per heavy atom. The van der Waals surface area contributed by atoms with Crippen molar-refractivity contribution in [3.05, 3.63) is 0 Å². The van der Waals surface area contributed by atoms with Crippen molar-refractivity contribution >= 4 is 0 Å². The van der Waals surface area contributed by atoms with Crippen molar-refractivity contribution in [2.75, 3.05) is 170 Å². The molecule has 0 unspecified atom stereocenters. The minimum absolute atomic E-state index is 0.323. The Morgan fingerprint density at radius 3 is 0.705 bits per heavy atom. The average Bonchev–Trinajstić information content (AvgIpc) is 4.12. The lowest BCUT2D eigenvalue weighted by Crippen LogP contribution is -2.51. The van der Waals surface area contributed by atoms with Gasteiger partial charge >= 0.3 is 0 Å². The number of hydrogen-bond donors (Lipinski definition) is 2. The first-order chi connectivity index (χ1) is 36.6. The number of nitrogens with one attached hydrogen (secondary N) is 2. The van der Waals surface area contributed by atoms with Crippen molar-refractivity contribution in [2.24, 2.45) is 23.7 Å². The molecular formula is C67H144N10O. The highest BCUT2D eigenvalue weighted by Crippen LogP contribution is 2.21. The van der Waals surface area contributed by atoms with Gasteiger partial charge in [-0.15, -0.1) is 0 Å². The van der Waals surface area contributed by atoms with Crippen LogP contribution in [0.15, 0.2) is 0 Å². The molecule has 0 bridgehead atoms. The summed E-state index contributed by atoms with van der Waals surface area (Å²) in [6.07, 6.45) is 18.5. The van der Waals surface area contributed by atoms with Gasteiger partial charge in [0.1, 0.15) is 0 Å². The highest BCUT2D eigenvalue weighted by atomic mass is 16.5. The summed E-state index contributed by atoms with van der Waals surface area (Å²) in [5.74, 6) is 3.36. The molecule has 8 fully saturated rings. The molecule has 8 aliphatic heterocycles. The van der Waals surface area contributed by atoms with Crippen LogP contribution in [0.4, 0.5) is 0 Å². The van der Waals surface area contributed by atoms with E-state index >= 15 is 0 Å². The quantitative estimate of drug-likeness (QED) is 0.244. The molecule has 0 spiro atoms. The lowest BCUT2D eigenvalue weighted by atomic mass is 10.0. The number of ether oxygens (including phenoxy) is 1. The first kappa shape index (κ1) is 75.6. The van der Waals surface area contributed by atoms with E-state index in [4.69, 9.17) is 4.74 Å². The van der Waals surface area contributed by atoms with E-state index in [2.05, 4.69) is 188 Å². The van der Waals surface area contributed by atoms with Crippen LogP contribution < -0.4 is 10.6 Å². The first-order valence-corrected chi connectivity index (χ1v) is 33.5. The molecule has 2 N–H and O–H groups in total. The third kappa shape index (κ3) is 40.7. The van der Waals surface area contributed by atoms with Gasteiger partial charge < -0.3 is 35.0 Å². The van der Waals surface area contributed by atoms with E-state index < -0.39 is 0 Å². The van der Waals surface area contributed by atoms with Gasteiger partial charge in [-0.2, -0.15) is 0 Å². The van der Waals surface area contributed by atoms with Gasteiger partial charge in [0.25, 0.3) is 0 Å². The van der Waals surface area contributed by atoms with E-state index in [1.54, 1.807) is 0 Å². The maximum absolute atomic E-state index is 5.25. The number of hydrogen-bond acceptors (Lipinski definition) is 11. The zero-order chi connectivity index (χ0) is 58.6. The van der Waals surface area contributed by atoms with E-state index in [1.165, 1.54) is 214 Å². The number of rotatable bonds is 8. The Labute approximate surface area is 490 Å². The number of piperidine rings is 3. The molecule has 468 valence electrons. The van der Waals surface area contributed by atoms with Gasteiger partial charge in [-0.25, -0.2) is 0 Å². The van der Waals surface area contributed by atoms with Gasteiger partial charge in [0.2, 0.25) is 0 Å². The molecular weight excluding hydrogens is 961 g/mol. The Morgan fingerprint density at radius 1 is 0.269 bits per heavy atom. The summed E-state index contributed by atoms with van der Waals surface area (Å²) in [6.45, 7) is 77.7. The topological polar surface area (TPSA) is 59.2 Å². The fourth-order valence-corrected chi connectivity index (χ4v) is 11.7. The standard InChI is InChI=1S/3C9H19N.2C8H18N2.C8H17NO.2C8H17N/c1-9(2,3)10-7-5-4-6-8-10;2*1-9(2)8-10-6-4-3-5-7-10;1-8(2,3)10-6-4-9-5-7-10;1-8(2)7-10-5-3-9-4-6-10;1-8(2,3)9-4-6-10-7-5-9;1-8(2,3)9-6-4-5-7-9;1-8(2)7-9-5-3-4-6-9/h4-8H2,1-3H3;2*9H,3-8H2,1-2H3;9H,4-7H2,1-3H3;8-9H,3-7H2,1-2H3;4-7H2,1-3H3;4-7H2,1-3H3;8H,3-7H2,1-2H3. The third-order valence-corrected chi connectivity index (χ3v) is 16.2. The number of likely N-dealkylation sites (tertiary alicyclic amines) is 5. The number of nitrogens with zero attached hydrogens (tertiary/aromatic N) is 8. The van der Waals surface area contributed by atoms with Gasteiger partial charge in [-0.1, -0.05) is 74.7 Å². The Bertz CT molecular complexity index is 1190. The van der Waals surface area contributed by atoms with Gasteiger partial charge in [0.15, 0.2) is 0 Å². The molecule has 78 heavy (non-hydrogen) atoms. The van der Waals surface area contributed by atoms with Crippen LogP contribution in [0.25, 0.3) is 0 Å². The van der Waals surface area contributed by atoms with Gasteiger partial charge in [0.05, 0.1) is 13.2 Å². The van der Waals surface area contributed by atoms with E-state index in [1.807, 2.05) is 0 Å². The molecule has 0 radical (unpaired) electrons. The summed E-state index contributed by atoms with van der Waals surface area (Å²) in [7, 11) is 0. The highest BCUT2D eigenvalue weighted by molar-refractivity contribution is 4.82. The predicted octanol–water partition coefficient (Wildman–Crippen LogP) is 12.5. The highest BCUT2D eigenvalue weighted by Gasteiger charge is 2.25. The average molecular weight is 1110 g/mol. The fraction of sp³-hybridized carbons (Fsp3) is 1.00. The van der Waals surface area contributed by atoms with Gasteiger partial charge in [-0.05, 0) is 236 Å². The zero-order valence-corrected chi connectivity index (χ0v) is 56.9. The lowest BCUT2D eigenvalue weighted by molar-refractivity contribution is -0.00389. The van der Waals surface area contributed by atoms with Crippen LogP contribution in [-0.2, 0) is 4.74 Å². The predicted molar refractivity (Wildman–Crippen MR) is 347 cm³/mol. The van der Waals surface area contributed by atoms with Crippen LogP contribution >= 0.6 is 0 Å². The summed E-state index contributed by atoms with van der Waals surface area (Å²) < 4.78 is 5.25. The fourth-order valence-electron chi connectivity index (χ4n) is 11.7. The van der Waals surface area contributed by atoms with E-state index in [0.29, 0.717) is 22.2 Å². The molecule has 11 heteroatoms. The van der Waals surface area contributed by atoms with Crippen molar-refractivity contribution in [3.8, 4) is 0 Å². The van der Waals surface area contributed by atoms with Crippen LogP contribution in [-0.4, -0.2) is 232 Å². The molecule has 0 amide bonds. The molecule has 0 aromatic carbocycles. The van der Waals surface area contributed by atoms with E-state index in [-0.39, 0.29) is 0 Å². The molecule has 8 heterocycles. The van der Waals surface area contributed by atoms with Crippen LogP contribution in [0.5, 0.6) is 0 Å². The Kier molecular flexibility index (Phi) is 41.1. The van der Waals surface area contributed by atoms with Crippen LogP contribution in [0.1, 0.15) is 222 Å². The first-order valence-electron chi connectivity index (χ1n) is 33.5. The van der Waals surface area contributed by atoms with Crippen LogP contribution in [0, 0.1) is 23.7 Å². The molecule has 8 aliphatic rings. The van der Waals surface area contributed by atoms with Crippen molar-refractivity contribution in [1.82, 2.24) is 49.8 Å². The van der Waals surface area contributed by atoms with Crippen LogP contribution in [0.2, 0.25) is 0 Å². The maximum atomic E-state index is 5.25. The van der Waals surface area contributed by atoms with E-state index in [9.17, 15) is 0 Å². The largest absolute Gasteiger partial charge is 0.379 e. The molecule has 0 saturated carbocycles. The molecule has 11 nitrogen and oxygen atoms in total. The van der Waals surface area contributed by atoms with Crippen molar-refractivity contribution in [1.29, 1.82) is 0 Å². The minimum atomic E-state index is 0.323. The second-order valence-corrected chi connectivity index (χ2v) is 30.1. The third-order valence-electron chi connectivity index (χ3n) is 16.2. The van der Waals surface area contributed by atoms with Crippen molar-refractivity contribution in [2.45, 2.75) is 244 Å². The van der Waals surface area contributed by atoms with Gasteiger partial charge in [0, 0.05) is 114 Å². The summed E-state index contributed by atoms with van der Waals surface area (Å²) in [5, 5.41) is 6.69. The summed E-state index contributed by atoms with van der Waals surface area (Å²) in [6, 6.07) is 0. The van der Waals surface area contributed by atoms with Crippen LogP contribution in [0.3, 0.4) is 0 Å². The summed E-state index contributed by atoms with van der Waals surface area (Å²) in [4.78, 5) is 20.4. The Balaban J connectivity index is 0.000000446. The Hall–Kier alpha value is -0.440. The second kappa shape index (κ2) is 42.4. The van der Waals surface area contributed by atoms with Crippen molar-refractivity contribution in [3.63, 3.8) is 0 Å². The summed E-state index contributed by atoms with van der Waals surface area (Å²) in [5.41, 5.74) is 1.50.